The molecule has 1 aromatic rings. The first-order valence-corrected chi connectivity index (χ1v) is 7.54. The van der Waals surface area contributed by atoms with Crippen LogP contribution in [0.1, 0.15) is 45.0 Å². The Kier molecular flexibility index (Phi) is 6.78. The van der Waals surface area contributed by atoms with Gasteiger partial charge < -0.3 is 5.32 Å². The highest BCUT2D eigenvalue weighted by Crippen LogP contribution is 2.17. The first kappa shape index (κ1) is 14.7. The molecule has 98 valence electrons. The topological polar surface area (TPSA) is 15.3 Å². The fraction of sp³-hybridized carbons (Fsp3) is 0.714. The summed E-state index contributed by atoms with van der Waals surface area (Å²) in [4.78, 5) is 3.96. The fourth-order valence-electron chi connectivity index (χ4n) is 1.98. The zero-order chi connectivity index (χ0) is 12.7. The summed E-state index contributed by atoms with van der Waals surface area (Å²) < 4.78 is 0. The molecule has 1 unspecified atom stereocenters. The van der Waals surface area contributed by atoms with E-state index >= 15 is 0 Å². The normalized spacial score (nSPS) is 13.5. The van der Waals surface area contributed by atoms with Crippen molar-refractivity contribution in [1.29, 1.82) is 0 Å². The molecule has 0 aliphatic heterocycles. The summed E-state index contributed by atoms with van der Waals surface area (Å²) in [6.45, 7) is 12.4. The Hall–Kier alpha value is -0.380. The number of hydrogen-bond donors (Lipinski definition) is 1. The van der Waals surface area contributed by atoms with Crippen LogP contribution in [0.2, 0.25) is 0 Å². The van der Waals surface area contributed by atoms with E-state index < -0.39 is 0 Å². The zero-order valence-corrected chi connectivity index (χ0v) is 12.4. The van der Waals surface area contributed by atoms with E-state index in [-0.39, 0.29) is 0 Å². The lowest BCUT2D eigenvalue weighted by Crippen LogP contribution is -2.37. The molecule has 0 aromatic carbocycles. The minimum Gasteiger partial charge on any atom is -0.308 e. The molecular formula is C14H26N2S. The quantitative estimate of drug-likeness (QED) is 0.763. The molecule has 1 aromatic heterocycles. The number of nitrogens with zero attached hydrogens (tertiary/aromatic N) is 1. The number of thiophene rings is 1. The highest BCUT2D eigenvalue weighted by atomic mass is 32.1. The van der Waals surface area contributed by atoms with Gasteiger partial charge in [0.25, 0.3) is 0 Å². The van der Waals surface area contributed by atoms with E-state index in [0.717, 1.165) is 13.1 Å². The largest absolute Gasteiger partial charge is 0.308 e. The van der Waals surface area contributed by atoms with Crippen LogP contribution in [0.25, 0.3) is 0 Å². The van der Waals surface area contributed by atoms with Crippen LogP contribution in [-0.4, -0.2) is 30.6 Å². The Morgan fingerprint density at radius 3 is 2.59 bits per heavy atom. The van der Waals surface area contributed by atoms with Gasteiger partial charge in [-0.05, 0) is 45.2 Å². The van der Waals surface area contributed by atoms with Gasteiger partial charge in [0.15, 0.2) is 0 Å². The van der Waals surface area contributed by atoms with Crippen LogP contribution in [0.5, 0.6) is 0 Å². The van der Waals surface area contributed by atoms with Crippen LogP contribution >= 0.6 is 11.3 Å². The first-order valence-electron chi connectivity index (χ1n) is 6.66. The molecule has 1 rings (SSSR count). The second-order valence-electron chi connectivity index (χ2n) is 4.82. The van der Waals surface area contributed by atoms with Gasteiger partial charge in [0.05, 0.1) is 0 Å². The van der Waals surface area contributed by atoms with Crippen LogP contribution in [0.15, 0.2) is 17.5 Å². The molecule has 0 spiro atoms. The molecule has 0 aliphatic carbocycles. The van der Waals surface area contributed by atoms with E-state index in [0.29, 0.717) is 12.1 Å². The molecule has 0 saturated heterocycles. The van der Waals surface area contributed by atoms with Crippen molar-refractivity contribution in [2.75, 3.05) is 19.6 Å². The Morgan fingerprint density at radius 1 is 1.29 bits per heavy atom. The van der Waals surface area contributed by atoms with Gasteiger partial charge in [-0.15, -0.1) is 11.3 Å². The number of hydrogen-bond acceptors (Lipinski definition) is 3. The summed E-state index contributed by atoms with van der Waals surface area (Å²) in [5.41, 5.74) is 0. The maximum Gasteiger partial charge on any atom is 0.0386 e. The van der Waals surface area contributed by atoms with E-state index in [1.165, 1.54) is 17.8 Å². The van der Waals surface area contributed by atoms with E-state index in [4.69, 9.17) is 0 Å². The summed E-state index contributed by atoms with van der Waals surface area (Å²) >= 11 is 1.83. The van der Waals surface area contributed by atoms with E-state index in [1.54, 1.807) is 0 Å². The standard InChI is InChI=1S/C14H26N2S/c1-5-9-16(12(2)3)10-8-15-13(4)14-7-6-11-17-14/h6-7,11-13,15H,5,8-10H2,1-4H3. The van der Waals surface area contributed by atoms with Gasteiger partial charge in [0.2, 0.25) is 0 Å². The molecule has 0 amide bonds. The molecule has 17 heavy (non-hydrogen) atoms. The predicted octanol–water partition coefficient (Wildman–Crippen LogP) is 3.52. The lowest BCUT2D eigenvalue weighted by molar-refractivity contribution is 0.220. The smallest absolute Gasteiger partial charge is 0.0386 e. The molecule has 0 fully saturated rings. The summed E-state index contributed by atoms with van der Waals surface area (Å²) in [5.74, 6) is 0. The van der Waals surface area contributed by atoms with Gasteiger partial charge in [-0.2, -0.15) is 0 Å². The minimum absolute atomic E-state index is 0.477. The average Bonchev–Trinajstić information content (AvgIpc) is 2.81. The molecule has 2 nitrogen and oxygen atoms in total. The Bertz CT molecular complexity index is 282. The van der Waals surface area contributed by atoms with Crippen molar-refractivity contribution in [2.45, 2.75) is 46.2 Å². The summed E-state index contributed by atoms with van der Waals surface area (Å²) in [6, 6.07) is 5.45. The second kappa shape index (κ2) is 7.85. The molecule has 0 radical (unpaired) electrons. The predicted molar refractivity (Wildman–Crippen MR) is 77.7 cm³/mol. The molecule has 0 aliphatic rings. The van der Waals surface area contributed by atoms with Crippen molar-refractivity contribution in [3.63, 3.8) is 0 Å². The van der Waals surface area contributed by atoms with Gasteiger partial charge >= 0.3 is 0 Å². The van der Waals surface area contributed by atoms with Gasteiger partial charge in [0, 0.05) is 30.1 Å². The second-order valence-corrected chi connectivity index (χ2v) is 5.80. The van der Waals surface area contributed by atoms with Crippen molar-refractivity contribution in [3.05, 3.63) is 22.4 Å². The third kappa shape index (κ3) is 5.19. The van der Waals surface area contributed by atoms with Crippen LogP contribution in [-0.2, 0) is 0 Å². The van der Waals surface area contributed by atoms with Crippen molar-refractivity contribution >= 4 is 11.3 Å². The maximum absolute atomic E-state index is 3.60. The van der Waals surface area contributed by atoms with Gasteiger partial charge in [-0.25, -0.2) is 0 Å². The van der Waals surface area contributed by atoms with Gasteiger partial charge in [-0.3, -0.25) is 4.90 Å². The summed E-state index contributed by atoms with van der Waals surface area (Å²) in [5, 5.41) is 5.74. The third-order valence-electron chi connectivity index (χ3n) is 3.06. The molecule has 1 heterocycles. The average molecular weight is 254 g/mol. The molecular weight excluding hydrogens is 228 g/mol. The Balaban J connectivity index is 2.26. The van der Waals surface area contributed by atoms with E-state index in [2.05, 4.69) is 55.4 Å². The van der Waals surface area contributed by atoms with Crippen LogP contribution in [0, 0.1) is 0 Å². The highest BCUT2D eigenvalue weighted by Gasteiger charge is 2.09. The fourth-order valence-corrected chi connectivity index (χ4v) is 2.74. The minimum atomic E-state index is 0.477. The summed E-state index contributed by atoms with van der Waals surface area (Å²) in [7, 11) is 0. The van der Waals surface area contributed by atoms with Crippen molar-refractivity contribution in [1.82, 2.24) is 10.2 Å². The lowest BCUT2D eigenvalue weighted by atomic mass is 10.2. The lowest BCUT2D eigenvalue weighted by Gasteiger charge is -2.26. The van der Waals surface area contributed by atoms with E-state index in [9.17, 15) is 0 Å². The molecule has 0 saturated carbocycles. The molecule has 0 bridgehead atoms. The monoisotopic (exact) mass is 254 g/mol. The highest BCUT2D eigenvalue weighted by molar-refractivity contribution is 7.10. The van der Waals surface area contributed by atoms with Crippen LogP contribution < -0.4 is 5.32 Å². The Morgan fingerprint density at radius 2 is 2.06 bits per heavy atom. The van der Waals surface area contributed by atoms with Crippen molar-refractivity contribution in [2.24, 2.45) is 0 Å². The van der Waals surface area contributed by atoms with Gasteiger partial charge in [0.1, 0.15) is 0 Å². The maximum atomic E-state index is 3.60. The summed E-state index contributed by atoms with van der Waals surface area (Å²) in [6.07, 6.45) is 1.23. The zero-order valence-electron chi connectivity index (χ0n) is 11.6. The molecule has 3 heteroatoms. The van der Waals surface area contributed by atoms with Crippen LogP contribution in [0.3, 0.4) is 0 Å². The third-order valence-corrected chi connectivity index (χ3v) is 4.12. The molecule has 1 N–H and O–H groups in total. The van der Waals surface area contributed by atoms with E-state index in [1.807, 2.05) is 11.3 Å². The van der Waals surface area contributed by atoms with Crippen molar-refractivity contribution < 1.29 is 0 Å². The molecule has 1 atom stereocenters. The number of nitrogens with one attached hydrogen (secondary N) is 1. The van der Waals surface area contributed by atoms with Crippen molar-refractivity contribution in [3.8, 4) is 0 Å². The van der Waals surface area contributed by atoms with Crippen LogP contribution in [0.4, 0.5) is 0 Å². The van der Waals surface area contributed by atoms with Gasteiger partial charge in [-0.1, -0.05) is 13.0 Å². The SMILES string of the molecule is CCCN(CCNC(C)c1cccs1)C(C)C. The Labute approximate surface area is 110 Å². The first-order chi connectivity index (χ1) is 8.15. The number of rotatable bonds is 8.